The van der Waals surface area contributed by atoms with Crippen LogP contribution < -0.4 is 10.6 Å². The maximum Gasteiger partial charge on any atom is 0.253 e. The third kappa shape index (κ3) is 1.64. The molecule has 1 amide bonds. The molecular formula is C9H13N3O2. The Morgan fingerprint density at radius 1 is 1.71 bits per heavy atom. The number of morpholine rings is 1. The SMILES string of the molecule is NC[C@H]1CN(c2cc[nH]c2)C(=O)CO1. The van der Waals surface area contributed by atoms with Gasteiger partial charge in [-0.05, 0) is 6.07 Å². The number of nitrogens with two attached hydrogens (primary N) is 1. The summed E-state index contributed by atoms with van der Waals surface area (Å²) in [6.07, 6.45) is 3.52. The fraction of sp³-hybridized carbons (Fsp3) is 0.444. The van der Waals surface area contributed by atoms with Crippen molar-refractivity contribution in [1.82, 2.24) is 4.98 Å². The van der Waals surface area contributed by atoms with E-state index < -0.39 is 0 Å². The molecule has 5 nitrogen and oxygen atoms in total. The number of carbonyl (C=O) groups excluding carboxylic acids is 1. The molecule has 1 aliphatic heterocycles. The summed E-state index contributed by atoms with van der Waals surface area (Å²) in [5.41, 5.74) is 6.37. The largest absolute Gasteiger partial charge is 0.366 e. The number of nitrogens with one attached hydrogen (secondary N) is 1. The van der Waals surface area contributed by atoms with Gasteiger partial charge in [-0.25, -0.2) is 0 Å². The molecule has 0 unspecified atom stereocenters. The number of anilines is 1. The van der Waals surface area contributed by atoms with E-state index in [9.17, 15) is 4.79 Å². The number of amides is 1. The van der Waals surface area contributed by atoms with Gasteiger partial charge in [0.1, 0.15) is 6.61 Å². The Morgan fingerprint density at radius 3 is 3.21 bits per heavy atom. The van der Waals surface area contributed by atoms with Crippen LogP contribution >= 0.6 is 0 Å². The van der Waals surface area contributed by atoms with E-state index in [0.29, 0.717) is 13.1 Å². The van der Waals surface area contributed by atoms with E-state index in [0.717, 1.165) is 5.69 Å². The summed E-state index contributed by atoms with van der Waals surface area (Å²) < 4.78 is 5.24. The fourth-order valence-electron chi connectivity index (χ4n) is 1.50. The first-order valence-corrected chi connectivity index (χ1v) is 4.56. The van der Waals surface area contributed by atoms with E-state index in [1.165, 1.54) is 0 Å². The van der Waals surface area contributed by atoms with Crippen LogP contribution in [0, 0.1) is 0 Å². The van der Waals surface area contributed by atoms with Crippen molar-refractivity contribution in [3.63, 3.8) is 0 Å². The Kier molecular flexibility index (Phi) is 2.51. The van der Waals surface area contributed by atoms with Crippen molar-refractivity contribution in [3.05, 3.63) is 18.5 Å². The Morgan fingerprint density at radius 2 is 2.57 bits per heavy atom. The molecule has 1 atom stereocenters. The Balaban J connectivity index is 2.13. The molecule has 3 N–H and O–H groups in total. The maximum absolute atomic E-state index is 11.5. The Bertz CT molecular complexity index is 310. The highest BCUT2D eigenvalue weighted by Gasteiger charge is 2.26. The summed E-state index contributed by atoms with van der Waals surface area (Å²) in [7, 11) is 0. The van der Waals surface area contributed by atoms with Gasteiger partial charge < -0.3 is 20.4 Å². The molecule has 0 spiro atoms. The minimum absolute atomic E-state index is 0.0192. The zero-order chi connectivity index (χ0) is 9.97. The summed E-state index contributed by atoms with van der Waals surface area (Å²) in [5, 5.41) is 0. The van der Waals surface area contributed by atoms with E-state index in [1.807, 2.05) is 6.07 Å². The lowest BCUT2D eigenvalue weighted by Gasteiger charge is -2.31. The van der Waals surface area contributed by atoms with Crippen molar-refractivity contribution in [2.24, 2.45) is 5.73 Å². The van der Waals surface area contributed by atoms with Crippen molar-refractivity contribution in [2.45, 2.75) is 6.10 Å². The van der Waals surface area contributed by atoms with E-state index >= 15 is 0 Å². The van der Waals surface area contributed by atoms with E-state index in [2.05, 4.69) is 4.98 Å². The van der Waals surface area contributed by atoms with Gasteiger partial charge in [0.2, 0.25) is 0 Å². The first-order chi connectivity index (χ1) is 6.81. The molecule has 1 aromatic heterocycles. The van der Waals surface area contributed by atoms with Crippen LogP contribution in [0.1, 0.15) is 0 Å². The van der Waals surface area contributed by atoms with Crippen molar-refractivity contribution in [1.29, 1.82) is 0 Å². The van der Waals surface area contributed by atoms with Gasteiger partial charge in [-0.2, -0.15) is 0 Å². The number of H-pyrrole nitrogens is 1. The van der Waals surface area contributed by atoms with Crippen molar-refractivity contribution >= 4 is 11.6 Å². The molecule has 1 saturated heterocycles. The van der Waals surface area contributed by atoms with Crippen LogP contribution in [0.15, 0.2) is 18.5 Å². The second kappa shape index (κ2) is 3.81. The first-order valence-electron chi connectivity index (χ1n) is 4.56. The second-order valence-electron chi connectivity index (χ2n) is 3.24. The lowest BCUT2D eigenvalue weighted by Crippen LogP contribution is -2.49. The second-order valence-corrected chi connectivity index (χ2v) is 3.24. The number of hydrogen-bond donors (Lipinski definition) is 2. The third-order valence-corrected chi connectivity index (χ3v) is 2.29. The lowest BCUT2D eigenvalue weighted by molar-refractivity contribution is -0.128. The smallest absolute Gasteiger partial charge is 0.253 e. The average Bonchev–Trinajstić information content (AvgIpc) is 2.71. The molecule has 76 valence electrons. The zero-order valence-corrected chi connectivity index (χ0v) is 7.77. The molecule has 0 aliphatic carbocycles. The highest BCUT2D eigenvalue weighted by atomic mass is 16.5. The van der Waals surface area contributed by atoms with E-state index in [-0.39, 0.29) is 18.6 Å². The maximum atomic E-state index is 11.5. The molecule has 1 aromatic rings. The number of ether oxygens (including phenoxy) is 1. The number of rotatable bonds is 2. The van der Waals surface area contributed by atoms with Gasteiger partial charge in [0, 0.05) is 18.9 Å². The van der Waals surface area contributed by atoms with Gasteiger partial charge in [0.25, 0.3) is 5.91 Å². The minimum atomic E-state index is -0.0531. The van der Waals surface area contributed by atoms with E-state index in [1.54, 1.807) is 17.3 Å². The number of carbonyl (C=O) groups is 1. The Hall–Kier alpha value is -1.33. The highest BCUT2D eigenvalue weighted by molar-refractivity contribution is 5.94. The van der Waals surface area contributed by atoms with E-state index in [4.69, 9.17) is 10.5 Å². The summed E-state index contributed by atoms with van der Waals surface area (Å²) in [5.74, 6) is -0.0192. The lowest BCUT2D eigenvalue weighted by atomic mass is 10.2. The quantitative estimate of drug-likeness (QED) is 0.681. The summed E-state index contributed by atoms with van der Waals surface area (Å²) >= 11 is 0. The fourth-order valence-corrected chi connectivity index (χ4v) is 1.50. The van der Waals surface area contributed by atoms with Crippen LogP contribution in [0.3, 0.4) is 0 Å². The topological polar surface area (TPSA) is 71.3 Å². The summed E-state index contributed by atoms with van der Waals surface area (Å²) in [6, 6.07) is 1.86. The van der Waals surface area contributed by atoms with Crippen LogP contribution in [0.2, 0.25) is 0 Å². The van der Waals surface area contributed by atoms with Gasteiger partial charge in [0.05, 0.1) is 18.3 Å². The molecule has 1 aliphatic rings. The molecule has 0 bridgehead atoms. The number of nitrogens with zero attached hydrogens (tertiary/aromatic N) is 1. The third-order valence-electron chi connectivity index (χ3n) is 2.29. The average molecular weight is 195 g/mol. The number of aromatic nitrogens is 1. The van der Waals surface area contributed by atoms with Crippen LogP contribution in [0.25, 0.3) is 0 Å². The number of aromatic amines is 1. The zero-order valence-electron chi connectivity index (χ0n) is 7.77. The molecule has 14 heavy (non-hydrogen) atoms. The van der Waals surface area contributed by atoms with Gasteiger partial charge in [-0.15, -0.1) is 0 Å². The van der Waals surface area contributed by atoms with Crippen LogP contribution in [-0.4, -0.2) is 36.7 Å². The molecule has 1 fully saturated rings. The van der Waals surface area contributed by atoms with Gasteiger partial charge in [-0.3, -0.25) is 4.79 Å². The molecule has 0 saturated carbocycles. The molecule has 0 radical (unpaired) electrons. The normalized spacial score (nSPS) is 22.8. The number of hydrogen-bond acceptors (Lipinski definition) is 3. The van der Waals surface area contributed by atoms with Crippen molar-refractivity contribution in [2.75, 3.05) is 24.6 Å². The van der Waals surface area contributed by atoms with Crippen LogP contribution in [0.4, 0.5) is 5.69 Å². The molecule has 2 rings (SSSR count). The summed E-state index contributed by atoms with van der Waals surface area (Å²) in [4.78, 5) is 16.1. The molecule has 5 heteroatoms. The summed E-state index contributed by atoms with van der Waals surface area (Å²) in [6.45, 7) is 1.09. The van der Waals surface area contributed by atoms with Crippen LogP contribution in [-0.2, 0) is 9.53 Å². The highest BCUT2D eigenvalue weighted by Crippen LogP contribution is 2.16. The van der Waals surface area contributed by atoms with Gasteiger partial charge in [0.15, 0.2) is 0 Å². The van der Waals surface area contributed by atoms with Crippen molar-refractivity contribution < 1.29 is 9.53 Å². The minimum Gasteiger partial charge on any atom is -0.366 e. The predicted octanol–water partition coefficient (Wildman–Crippen LogP) is -0.295. The predicted molar refractivity (Wildman–Crippen MR) is 51.9 cm³/mol. The monoisotopic (exact) mass is 195 g/mol. The molecule has 2 heterocycles. The van der Waals surface area contributed by atoms with Crippen molar-refractivity contribution in [3.8, 4) is 0 Å². The molecule has 0 aromatic carbocycles. The van der Waals surface area contributed by atoms with Gasteiger partial charge in [-0.1, -0.05) is 0 Å². The Labute approximate surface area is 81.8 Å². The first kappa shape index (κ1) is 9.23. The van der Waals surface area contributed by atoms with Gasteiger partial charge >= 0.3 is 0 Å². The standard InChI is InChI=1S/C9H13N3O2/c10-3-8-5-12(9(13)6-14-8)7-1-2-11-4-7/h1-2,4,8,11H,3,5-6,10H2/t8-/m0/s1. The van der Waals surface area contributed by atoms with Crippen LogP contribution in [0.5, 0.6) is 0 Å². The molecular weight excluding hydrogens is 182 g/mol.